The van der Waals surface area contributed by atoms with E-state index in [0.29, 0.717) is 24.1 Å². The molecule has 0 aliphatic heterocycles. The lowest BCUT2D eigenvalue weighted by molar-refractivity contribution is -0.143. The number of benzene rings is 2. The Hall–Kier alpha value is -3.36. The van der Waals surface area contributed by atoms with E-state index < -0.39 is 60.0 Å². The molecule has 6 nitrogen and oxygen atoms in total. The summed E-state index contributed by atoms with van der Waals surface area (Å²) in [4.78, 5) is 2.14. The van der Waals surface area contributed by atoms with Crippen LogP contribution in [-0.4, -0.2) is 27.3 Å². The number of rotatable bonds is 8. The standard InChI is InChI=1S/C23H22F9N5O/c1-4-19(38-3)18-6-5-15(21(24,25)26)9-14(18)12-37(20-33-35-36(2)34-20)11-13-7-16(22(27,28)29)10-17(8-13)23(30,31)32/h5-10,19H,4,11-12H2,1-3H3/t19-/m1/s1. The fourth-order valence-electron chi connectivity index (χ4n) is 3.88. The molecule has 3 rings (SSSR count). The Kier molecular flexibility index (Phi) is 8.29. The van der Waals surface area contributed by atoms with Crippen molar-refractivity contribution in [3.05, 3.63) is 69.8 Å². The summed E-state index contributed by atoms with van der Waals surface area (Å²) < 4.78 is 126. The summed E-state index contributed by atoms with van der Waals surface area (Å²) in [6.45, 7) is 0.736. The molecule has 0 aliphatic rings. The van der Waals surface area contributed by atoms with Gasteiger partial charge in [-0.1, -0.05) is 18.1 Å². The molecule has 0 saturated carbocycles. The number of nitrogens with zero attached hydrogens (tertiary/aromatic N) is 5. The molecule has 0 saturated heterocycles. The number of hydrogen-bond acceptors (Lipinski definition) is 5. The molecule has 208 valence electrons. The number of anilines is 1. The average Bonchev–Trinajstić information content (AvgIpc) is 3.24. The SMILES string of the molecule is CC[C@@H](OC)c1ccc(C(F)(F)F)cc1CN(Cc1cc(C(F)(F)F)cc(C(F)(F)F)c1)c1nnn(C)n1. The van der Waals surface area contributed by atoms with E-state index in [0.717, 1.165) is 21.8 Å². The van der Waals surface area contributed by atoms with Gasteiger partial charge in [-0.05, 0) is 58.7 Å². The van der Waals surface area contributed by atoms with Gasteiger partial charge < -0.3 is 9.64 Å². The normalized spacial score (nSPS) is 13.6. The van der Waals surface area contributed by atoms with Crippen LogP contribution in [0, 0.1) is 0 Å². The zero-order chi connectivity index (χ0) is 28.5. The smallest absolute Gasteiger partial charge is 0.377 e. The molecule has 0 unspecified atom stereocenters. The van der Waals surface area contributed by atoms with Crippen molar-refractivity contribution in [3.63, 3.8) is 0 Å². The first-order chi connectivity index (χ1) is 17.5. The molecule has 1 heterocycles. The molecule has 0 aliphatic carbocycles. The largest absolute Gasteiger partial charge is 0.416 e. The molecule has 1 atom stereocenters. The Balaban J connectivity index is 2.14. The van der Waals surface area contributed by atoms with E-state index >= 15 is 0 Å². The van der Waals surface area contributed by atoms with Crippen LogP contribution >= 0.6 is 0 Å². The van der Waals surface area contributed by atoms with Crippen molar-refractivity contribution in [2.45, 2.75) is 51.1 Å². The molecule has 0 amide bonds. The van der Waals surface area contributed by atoms with Crippen LogP contribution in [-0.2, 0) is 43.4 Å². The van der Waals surface area contributed by atoms with E-state index in [9.17, 15) is 39.5 Å². The maximum atomic E-state index is 13.5. The maximum absolute atomic E-state index is 13.5. The van der Waals surface area contributed by atoms with E-state index in [1.165, 1.54) is 20.2 Å². The van der Waals surface area contributed by atoms with Gasteiger partial charge in [0.2, 0.25) is 0 Å². The molecule has 0 N–H and O–H groups in total. The van der Waals surface area contributed by atoms with Crippen LogP contribution < -0.4 is 4.90 Å². The van der Waals surface area contributed by atoms with Crippen molar-refractivity contribution >= 4 is 5.95 Å². The van der Waals surface area contributed by atoms with Crippen molar-refractivity contribution in [1.29, 1.82) is 0 Å². The molecule has 38 heavy (non-hydrogen) atoms. The van der Waals surface area contributed by atoms with Gasteiger partial charge in [0.25, 0.3) is 5.95 Å². The zero-order valence-corrected chi connectivity index (χ0v) is 20.2. The third-order valence-electron chi connectivity index (χ3n) is 5.64. The fraction of sp³-hybridized carbons (Fsp3) is 0.435. The molecule has 1 aromatic heterocycles. The van der Waals surface area contributed by atoms with Crippen molar-refractivity contribution < 1.29 is 44.3 Å². The number of alkyl halides is 9. The van der Waals surface area contributed by atoms with Gasteiger partial charge in [0, 0.05) is 20.2 Å². The number of ether oxygens (including phenoxy) is 1. The fourth-order valence-corrected chi connectivity index (χ4v) is 3.88. The van der Waals surface area contributed by atoms with Gasteiger partial charge in [0.1, 0.15) is 0 Å². The molecule has 15 heteroatoms. The molecule has 0 fully saturated rings. The highest BCUT2D eigenvalue weighted by atomic mass is 19.4. The van der Waals surface area contributed by atoms with Crippen molar-refractivity contribution in [1.82, 2.24) is 20.2 Å². The first kappa shape index (κ1) is 29.2. The third-order valence-corrected chi connectivity index (χ3v) is 5.64. The van der Waals surface area contributed by atoms with E-state index in [-0.39, 0.29) is 17.6 Å². The summed E-state index contributed by atoms with van der Waals surface area (Å²) in [6, 6.07) is 4.01. The summed E-state index contributed by atoms with van der Waals surface area (Å²) in [5.41, 5.74) is -4.03. The topological polar surface area (TPSA) is 56.1 Å². The van der Waals surface area contributed by atoms with Crippen molar-refractivity contribution in [3.8, 4) is 0 Å². The van der Waals surface area contributed by atoms with E-state index in [1.54, 1.807) is 6.92 Å². The number of aryl methyl sites for hydroxylation is 1. The van der Waals surface area contributed by atoms with Gasteiger partial charge in [-0.2, -0.15) is 44.3 Å². The van der Waals surface area contributed by atoms with Gasteiger partial charge in [0.05, 0.1) is 29.8 Å². The van der Waals surface area contributed by atoms with Crippen LogP contribution in [0.1, 0.15) is 52.8 Å². The lowest BCUT2D eigenvalue weighted by atomic mass is 9.97. The highest BCUT2D eigenvalue weighted by Crippen LogP contribution is 2.38. The number of hydrogen-bond donors (Lipinski definition) is 0. The Bertz CT molecular complexity index is 1220. The van der Waals surface area contributed by atoms with Gasteiger partial charge in [-0.3, -0.25) is 0 Å². The predicted molar refractivity (Wildman–Crippen MR) is 117 cm³/mol. The molecular formula is C23H22F9N5O. The van der Waals surface area contributed by atoms with Crippen LogP contribution in [0.15, 0.2) is 36.4 Å². The van der Waals surface area contributed by atoms with Gasteiger partial charge in [-0.15, -0.1) is 5.10 Å². The van der Waals surface area contributed by atoms with Crippen molar-refractivity contribution in [2.75, 3.05) is 12.0 Å². The zero-order valence-electron chi connectivity index (χ0n) is 20.2. The predicted octanol–water partition coefficient (Wildman–Crippen LogP) is 6.57. The molecule has 2 aromatic carbocycles. The summed E-state index contributed by atoms with van der Waals surface area (Å²) in [5, 5.41) is 11.4. The van der Waals surface area contributed by atoms with E-state index in [1.807, 2.05) is 0 Å². The number of tetrazole rings is 1. The second-order valence-electron chi connectivity index (χ2n) is 8.39. The Morgan fingerprint density at radius 1 is 0.842 bits per heavy atom. The van der Waals surface area contributed by atoms with Crippen LogP contribution in [0.2, 0.25) is 0 Å². The summed E-state index contributed by atoms with van der Waals surface area (Å²) in [5.74, 6) is -0.215. The van der Waals surface area contributed by atoms with Crippen molar-refractivity contribution in [2.24, 2.45) is 7.05 Å². The highest BCUT2D eigenvalue weighted by Gasteiger charge is 2.37. The minimum absolute atomic E-state index is 0.0102. The first-order valence-electron chi connectivity index (χ1n) is 11.0. The first-order valence-corrected chi connectivity index (χ1v) is 11.0. The van der Waals surface area contributed by atoms with Gasteiger partial charge >= 0.3 is 18.5 Å². The summed E-state index contributed by atoms with van der Waals surface area (Å²) >= 11 is 0. The Morgan fingerprint density at radius 2 is 1.42 bits per heavy atom. The maximum Gasteiger partial charge on any atom is 0.416 e. The molecule has 0 spiro atoms. The highest BCUT2D eigenvalue weighted by molar-refractivity contribution is 5.41. The van der Waals surface area contributed by atoms with Gasteiger partial charge in [0.15, 0.2) is 0 Å². The average molecular weight is 555 g/mol. The lowest BCUT2D eigenvalue weighted by Gasteiger charge is -2.26. The minimum Gasteiger partial charge on any atom is -0.377 e. The van der Waals surface area contributed by atoms with Crippen LogP contribution in [0.4, 0.5) is 45.5 Å². The monoisotopic (exact) mass is 555 g/mol. The second-order valence-corrected chi connectivity index (χ2v) is 8.39. The summed E-state index contributed by atoms with van der Waals surface area (Å²) in [6.07, 6.45) is -15.1. The van der Waals surface area contributed by atoms with E-state index in [2.05, 4.69) is 15.4 Å². The van der Waals surface area contributed by atoms with E-state index in [4.69, 9.17) is 4.74 Å². The lowest BCUT2D eigenvalue weighted by Crippen LogP contribution is -2.26. The van der Waals surface area contributed by atoms with Crippen LogP contribution in [0.5, 0.6) is 0 Å². The third kappa shape index (κ3) is 6.94. The minimum atomic E-state index is -5.08. The molecule has 3 aromatic rings. The quantitative estimate of drug-likeness (QED) is 0.295. The molecule has 0 radical (unpaired) electrons. The molecular weight excluding hydrogens is 533 g/mol. The molecule has 0 bridgehead atoms. The Labute approximate surface area is 211 Å². The number of methoxy groups -OCH3 is 1. The second kappa shape index (κ2) is 10.8. The van der Waals surface area contributed by atoms with Crippen LogP contribution in [0.25, 0.3) is 0 Å². The Morgan fingerprint density at radius 3 is 1.87 bits per heavy atom. The number of aromatic nitrogens is 4. The van der Waals surface area contributed by atoms with Crippen LogP contribution in [0.3, 0.4) is 0 Å². The number of halogens is 9. The summed E-state index contributed by atoms with van der Waals surface area (Å²) in [7, 11) is 2.73. The van der Waals surface area contributed by atoms with Gasteiger partial charge in [-0.25, -0.2) is 0 Å².